The molecule has 1 fully saturated rings. The van der Waals surface area contributed by atoms with Gasteiger partial charge in [-0.3, -0.25) is 13.7 Å². The van der Waals surface area contributed by atoms with Crippen LogP contribution in [0.5, 0.6) is 0 Å². The van der Waals surface area contributed by atoms with Crippen LogP contribution in [0.25, 0.3) is 10.1 Å². The van der Waals surface area contributed by atoms with Gasteiger partial charge >= 0.3 is 6.03 Å². The van der Waals surface area contributed by atoms with E-state index in [1.54, 1.807) is 16.0 Å². The standard InChI is InChI=1S/C20H26N6OS2/c1-14-19(17-8-4-5-9-18(17)28-14)22-20(27)23-29-26(16-11-21-25(3)13-16)15-7-6-10-24(2)12-15/h4-5,8-9,11,13,15H,6-7,10,12H2,1-3H3,(H2,22,23,27). The van der Waals surface area contributed by atoms with E-state index < -0.39 is 0 Å². The van der Waals surface area contributed by atoms with Crippen LogP contribution < -0.4 is 14.3 Å². The lowest BCUT2D eigenvalue weighted by Crippen LogP contribution is -2.45. The number of benzene rings is 1. The Morgan fingerprint density at radius 1 is 1.34 bits per heavy atom. The molecule has 0 radical (unpaired) electrons. The molecule has 3 aromatic rings. The number of aromatic nitrogens is 2. The summed E-state index contributed by atoms with van der Waals surface area (Å²) < 4.78 is 8.11. The Morgan fingerprint density at radius 2 is 2.17 bits per heavy atom. The fourth-order valence-corrected chi connectivity index (χ4v) is 5.52. The number of thiophene rings is 1. The summed E-state index contributed by atoms with van der Waals surface area (Å²) in [6.45, 7) is 4.10. The van der Waals surface area contributed by atoms with Gasteiger partial charge in [0.25, 0.3) is 0 Å². The van der Waals surface area contributed by atoms with Crippen LogP contribution in [0, 0.1) is 6.92 Å². The van der Waals surface area contributed by atoms with Crippen molar-refractivity contribution in [1.82, 2.24) is 19.4 Å². The number of fused-ring (bicyclic) bond motifs is 1. The fourth-order valence-electron chi connectivity index (χ4n) is 3.74. The average Bonchev–Trinajstić information content (AvgIpc) is 3.25. The molecule has 29 heavy (non-hydrogen) atoms. The molecule has 2 aromatic heterocycles. The minimum Gasteiger partial charge on any atom is -0.306 e. The van der Waals surface area contributed by atoms with Gasteiger partial charge in [0, 0.05) is 34.8 Å². The number of urea groups is 1. The molecule has 3 heterocycles. The minimum absolute atomic E-state index is 0.222. The molecule has 0 bridgehead atoms. The molecule has 0 saturated carbocycles. The van der Waals surface area contributed by atoms with E-state index in [0.717, 1.165) is 47.6 Å². The van der Waals surface area contributed by atoms with Crippen LogP contribution in [0.4, 0.5) is 16.2 Å². The highest BCUT2D eigenvalue weighted by molar-refractivity contribution is 7.99. The van der Waals surface area contributed by atoms with Crippen molar-refractivity contribution in [3.63, 3.8) is 0 Å². The Hall–Kier alpha value is -2.23. The summed E-state index contributed by atoms with van der Waals surface area (Å²) in [7, 11) is 4.05. The Bertz CT molecular complexity index is 1000. The molecule has 1 aromatic carbocycles. The number of aryl methyl sites for hydroxylation is 2. The summed E-state index contributed by atoms with van der Waals surface area (Å²) in [5.41, 5.74) is 1.88. The lowest BCUT2D eigenvalue weighted by molar-refractivity contribution is 0.253. The number of anilines is 2. The highest BCUT2D eigenvalue weighted by Crippen LogP contribution is 2.35. The van der Waals surface area contributed by atoms with Gasteiger partial charge < -0.3 is 10.2 Å². The molecule has 4 rings (SSSR count). The van der Waals surface area contributed by atoms with Gasteiger partial charge in [-0.1, -0.05) is 18.2 Å². The molecule has 2 N–H and O–H groups in total. The van der Waals surface area contributed by atoms with Crippen molar-refractivity contribution in [2.75, 3.05) is 29.8 Å². The first-order chi connectivity index (χ1) is 14.0. The van der Waals surface area contributed by atoms with Gasteiger partial charge in [-0.25, -0.2) is 4.79 Å². The summed E-state index contributed by atoms with van der Waals surface area (Å²) >= 11 is 3.02. The first kappa shape index (κ1) is 20.1. The van der Waals surface area contributed by atoms with Gasteiger partial charge in [-0.2, -0.15) is 5.10 Å². The zero-order valence-corrected chi connectivity index (χ0v) is 18.5. The van der Waals surface area contributed by atoms with Crippen molar-refractivity contribution in [1.29, 1.82) is 0 Å². The second-order valence-electron chi connectivity index (χ2n) is 7.43. The molecular weight excluding hydrogens is 404 g/mol. The predicted molar refractivity (Wildman–Crippen MR) is 123 cm³/mol. The predicted octanol–water partition coefficient (Wildman–Crippen LogP) is 4.23. The zero-order chi connectivity index (χ0) is 20.4. The van der Waals surface area contributed by atoms with Gasteiger partial charge in [0.1, 0.15) is 0 Å². The second-order valence-corrected chi connectivity index (χ2v) is 9.47. The Kier molecular flexibility index (Phi) is 5.98. The summed E-state index contributed by atoms with van der Waals surface area (Å²) in [6.07, 6.45) is 6.06. The molecule has 0 aliphatic carbocycles. The van der Waals surface area contributed by atoms with Crippen LogP contribution in [-0.2, 0) is 7.05 Å². The second kappa shape index (κ2) is 8.64. The van der Waals surface area contributed by atoms with Crippen LogP contribution in [-0.4, -0.2) is 46.9 Å². The number of likely N-dealkylation sites (tertiary alicyclic amines) is 1. The third-order valence-corrected chi connectivity index (χ3v) is 7.19. The van der Waals surface area contributed by atoms with Crippen LogP contribution >= 0.6 is 23.5 Å². The molecule has 1 atom stereocenters. The normalized spacial score (nSPS) is 17.4. The number of amides is 2. The topological polar surface area (TPSA) is 65.4 Å². The number of hydrogen-bond donors (Lipinski definition) is 2. The minimum atomic E-state index is -0.222. The molecule has 1 aliphatic rings. The molecular formula is C20H26N6OS2. The monoisotopic (exact) mass is 430 g/mol. The Labute approximate surface area is 179 Å². The van der Waals surface area contributed by atoms with Crippen molar-refractivity contribution in [2.45, 2.75) is 25.8 Å². The molecule has 7 nitrogen and oxygen atoms in total. The molecule has 1 unspecified atom stereocenters. The maximum Gasteiger partial charge on any atom is 0.330 e. The van der Waals surface area contributed by atoms with Crippen LogP contribution in [0.2, 0.25) is 0 Å². The Morgan fingerprint density at radius 3 is 2.93 bits per heavy atom. The number of hydrogen-bond acceptors (Lipinski definition) is 6. The van der Waals surface area contributed by atoms with Gasteiger partial charge in [0.15, 0.2) is 0 Å². The number of carbonyl (C=O) groups excluding carboxylic acids is 1. The summed E-state index contributed by atoms with van der Waals surface area (Å²) in [4.78, 5) is 16.1. The molecule has 1 aliphatic heterocycles. The smallest absolute Gasteiger partial charge is 0.306 e. The van der Waals surface area contributed by atoms with Gasteiger partial charge in [0.2, 0.25) is 0 Å². The molecule has 9 heteroatoms. The first-order valence-corrected chi connectivity index (χ1v) is 11.3. The van der Waals surface area contributed by atoms with E-state index in [1.165, 1.54) is 16.8 Å². The number of nitrogens with one attached hydrogen (secondary N) is 2. The molecule has 1 saturated heterocycles. The zero-order valence-electron chi connectivity index (χ0n) is 16.9. The van der Waals surface area contributed by atoms with Gasteiger partial charge in [-0.15, -0.1) is 11.3 Å². The number of likely N-dealkylation sites (N-methyl/N-ethyl adjacent to an activating group) is 1. The summed E-state index contributed by atoms with van der Waals surface area (Å²) in [5.74, 6) is 0. The molecule has 0 spiro atoms. The number of piperidine rings is 1. The van der Waals surface area contributed by atoms with Crippen molar-refractivity contribution < 1.29 is 4.79 Å². The van der Waals surface area contributed by atoms with Gasteiger partial charge in [-0.05, 0) is 39.4 Å². The maximum atomic E-state index is 12.7. The van der Waals surface area contributed by atoms with Crippen LogP contribution in [0.1, 0.15) is 17.7 Å². The van der Waals surface area contributed by atoms with E-state index in [2.05, 4.69) is 37.5 Å². The van der Waals surface area contributed by atoms with E-state index in [4.69, 9.17) is 0 Å². The van der Waals surface area contributed by atoms with E-state index in [9.17, 15) is 4.79 Å². The van der Waals surface area contributed by atoms with E-state index in [0.29, 0.717) is 6.04 Å². The number of carbonyl (C=O) groups is 1. The van der Waals surface area contributed by atoms with Crippen molar-refractivity contribution in [3.8, 4) is 0 Å². The van der Waals surface area contributed by atoms with E-state index in [1.807, 2.05) is 44.6 Å². The summed E-state index contributed by atoms with van der Waals surface area (Å²) in [5, 5.41) is 8.42. The SMILES string of the molecule is Cc1sc2ccccc2c1NC(=O)NSN(c1cnn(C)c1)C1CCCN(C)C1. The Balaban J connectivity index is 1.46. The quantitative estimate of drug-likeness (QED) is 0.593. The molecule has 2 amide bonds. The van der Waals surface area contributed by atoms with E-state index >= 15 is 0 Å². The van der Waals surface area contributed by atoms with Crippen LogP contribution in [0.3, 0.4) is 0 Å². The fraction of sp³-hybridized carbons (Fsp3) is 0.400. The van der Waals surface area contributed by atoms with E-state index in [-0.39, 0.29) is 6.03 Å². The maximum absolute atomic E-state index is 12.7. The van der Waals surface area contributed by atoms with Crippen molar-refractivity contribution >= 4 is 51.0 Å². The lowest BCUT2D eigenvalue weighted by atomic mass is 10.1. The highest BCUT2D eigenvalue weighted by Gasteiger charge is 2.26. The third-order valence-electron chi connectivity index (χ3n) is 5.12. The van der Waals surface area contributed by atoms with Crippen molar-refractivity contribution in [3.05, 3.63) is 41.5 Å². The first-order valence-electron chi connectivity index (χ1n) is 9.70. The third kappa shape index (κ3) is 4.52. The van der Waals surface area contributed by atoms with Crippen LogP contribution in [0.15, 0.2) is 36.7 Å². The summed E-state index contributed by atoms with van der Waals surface area (Å²) in [6, 6.07) is 8.23. The van der Waals surface area contributed by atoms with Gasteiger partial charge in [0.05, 0.1) is 35.7 Å². The number of rotatable bonds is 5. The molecule has 154 valence electrons. The number of nitrogens with zero attached hydrogens (tertiary/aromatic N) is 4. The highest BCUT2D eigenvalue weighted by atomic mass is 32.2. The van der Waals surface area contributed by atoms with Crippen molar-refractivity contribution in [2.24, 2.45) is 7.05 Å². The largest absolute Gasteiger partial charge is 0.330 e. The lowest BCUT2D eigenvalue weighted by Gasteiger charge is -2.37. The average molecular weight is 431 g/mol.